The second-order valence-electron chi connectivity index (χ2n) is 7.06. The first kappa shape index (κ1) is 21.3. The first-order chi connectivity index (χ1) is 11.9. The minimum absolute atomic E-state index is 0.0592. The van der Waals surface area contributed by atoms with E-state index in [0.29, 0.717) is 12.1 Å². The van der Waals surface area contributed by atoms with Crippen LogP contribution in [-0.4, -0.2) is 32.8 Å². The van der Waals surface area contributed by atoms with Crippen LogP contribution in [0.1, 0.15) is 44.6 Å². The molecule has 0 aliphatic carbocycles. The fourth-order valence-corrected chi connectivity index (χ4v) is 2.38. The Morgan fingerprint density at radius 3 is 2.38 bits per heavy atom. The van der Waals surface area contributed by atoms with Gasteiger partial charge in [0, 0.05) is 5.70 Å². The van der Waals surface area contributed by atoms with Crippen LogP contribution >= 0.6 is 12.2 Å². The normalized spacial score (nSPS) is 13.0. The molecule has 0 unspecified atom stereocenters. The third-order valence-corrected chi connectivity index (χ3v) is 3.31. The SMILES string of the molecule is CC(N)=CC(=S)Nc1nc(N[C@H](CC(C)(C)C)C(N)=O)cnc1C(N)=O. The molecule has 9 nitrogen and oxygen atoms in total. The fourth-order valence-electron chi connectivity index (χ4n) is 2.10. The largest absolute Gasteiger partial charge is 0.402 e. The smallest absolute Gasteiger partial charge is 0.271 e. The van der Waals surface area contributed by atoms with E-state index in [4.69, 9.17) is 29.4 Å². The van der Waals surface area contributed by atoms with Gasteiger partial charge in [-0.3, -0.25) is 9.59 Å². The van der Waals surface area contributed by atoms with Gasteiger partial charge in [0.2, 0.25) is 5.91 Å². The molecule has 0 fully saturated rings. The zero-order chi connectivity index (χ0) is 20.1. The Hall–Kier alpha value is -2.75. The van der Waals surface area contributed by atoms with E-state index in [1.807, 2.05) is 20.8 Å². The number of primary amides is 2. The van der Waals surface area contributed by atoms with Crippen molar-refractivity contribution in [1.82, 2.24) is 9.97 Å². The van der Waals surface area contributed by atoms with E-state index in [-0.39, 0.29) is 27.7 Å². The summed E-state index contributed by atoms with van der Waals surface area (Å²) in [6.45, 7) is 7.62. The van der Waals surface area contributed by atoms with Crippen LogP contribution in [0, 0.1) is 5.41 Å². The number of carbonyl (C=O) groups excluding carboxylic acids is 2. The van der Waals surface area contributed by atoms with Gasteiger partial charge in [-0.15, -0.1) is 0 Å². The molecular formula is C16H25N7O2S. The zero-order valence-corrected chi connectivity index (χ0v) is 16.1. The lowest BCUT2D eigenvalue weighted by atomic mass is 9.88. The van der Waals surface area contributed by atoms with Gasteiger partial charge >= 0.3 is 0 Å². The van der Waals surface area contributed by atoms with Gasteiger partial charge in [-0.1, -0.05) is 33.0 Å². The summed E-state index contributed by atoms with van der Waals surface area (Å²) >= 11 is 5.12. The molecule has 1 atom stereocenters. The lowest BCUT2D eigenvalue weighted by Gasteiger charge is -2.25. The van der Waals surface area contributed by atoms with Gasteiger partial charge in [0.25, 0.3) is 5.91 Å². The summed E-state index contributed by atoms with van der Waals surface area (Å²) in [6.07, 6.45) is 3.28. The maximum Gasteiger partial charge on any atom is 0.271 e. The van der Waals surface area contributed by atoms with Crippen molar-refractivity contribution in [3.63, 3.8) is 0 Å². The molecule has 1 rings (SSSR count). The zero-order valence-electron chi connectivity index (χ0n) is 15.3. The highest BCUT2D eigenvalue weighted by Gasteiger charge is 2.24. The number of aromatic nitrogens is 2. The van der Waals surface area contributed by atoms with Crippen molar-refractivity contribution < 1.29 is 9.59 Å². The molecule has 26 heavy (non-hydrogen) atoms. The van der Waals surface area contributed by atoms with Gasteiger partial charge in [0.05, 0.1) is 6.20 Å². The highest BCUT2D eigenvalue weighted by Crippen LogP contribution is 2.23. The molecule has 1 aromatic heterocycles. The molecule has 0 aliphatic heterocycles. The van der Waals surface area contributed by atoms with Crippen LogP contribution in [0.3, 0.4) is 0 Å². The molecule has 1 aromatic rings. The minimum atomic E-state index is -0.774. The number of hydrogen-bond acceptors (Lipinski definition) is 7. The van der Waals surface area contributed by atoms with Gasteiger partial charge in [-0.25, -0.2) is 9.97 Å². The van der Waals surface area contributed by atoms with Crippen molar-refractivity contribution in [2.24, 2.45) is 22.6 Å². The molecule has 10 heteroatoms. The summed E-state index contributed by atoms with van der Waals surface area (Å²) in [5.74, 6) is -0.984. The second-order valence-corrected chi connectivity index (χ2v) is 7.50. The monoisotopic (exact) mass is 379 g/mol. The Balaban J connectivity index is 3.15. The maximum atomic E-state index is 11.7. The van der Waals surface area contributed by atoms with Crippen LogP contribution in [0.4, 0.5) is 11.6 Å². The Kier molecular flexibility index (Phi) is 7.01. The van der Waals surface area contributed by atoms with Crippen LogP contribution in [-0.2, 0) is 4.79 Å². The van der Waals surface area contributed by atoms with Gasteiger partial charge in [0.1, 0.15) is 16.8 Å². The summed E-state index contributed by atoms with van der Waals surface area (Å²) in [5, 5.41) is 5.69. The van der Waals surface area contributed by atoms with Crippen molar-refractivity contribution in [2.45, 2.75) is 40.2 Å². The summed E-state index contributed by atoms with van der Waals surface area (Å²) in [7, 11) is 0. The molecule has 0 spiro atoms. The van der Waals surface area contributed by atoms with Crippen LogP contribution in [0.2, 0.25) is 0 Å². The molecule has 0 saturated carbocycles. The lowest BCUT2D eigenvalue weighted by molar-refractivity contribution is -0.119. The number of hydrogen-bond donors (Lipinski definition) is 5. The van der Waals surface area contributed by atoms with Crippen molar-refractivity contribution in [3.8, 4) is 0 Å². The third-order valence-electron chi connectivity index (χ3n) is 3.09. The third kappa shape index (κ3) is 7.01. The summed E-state index contributed by atoms with van der Waals surface area (Å²) in [4.78, 5) is 31.7. The van der Waals surface area contributed by atoms with E-state index in [1.165, 1.54) is 12.3 Å². The van der Waals surface area contributed by atoms with Crippen molar-refractivity contribution >= 4 is 40.7 Å². The molecule has 0 saturated heterocycles. The molecule has 0 aromatic carbocycles. The summed E-state index contributed by atoms with van der Waals surface area (Å²) in [5.41, 5.74) is 16.6. The topological polar surface area (TPSA) is 162 Å². The van der Waals surface area contributed by atoms with Crippen LogP contribution in [0.5, 0.6) is 0 Å². The number of nitrogens with two attached hydrogens (primary N) is 3. The Morgan fingerprint density at radius 1 is 1.31 bits per heavy atom. The lowest BCUT2D eigenvalue weighted by Crippen LogP contribution is -2.38. The minimum Gasteiger partial charge on any atom is -0.402 e. The van der Waals surface area contributed by atoms with E-state index < -0.39 is 17.9 Å². The van der Waals surface area contributed by atoms with Gasteiger partial charge in [-0.05, 0) is 24.8 Å². The first-order valence-electron chi connectivity index (χ1n) is 7.86. The maximum absolute atomic E-state index is 11.7. The summed E-state index contributed by atoms with van der Waals surface area (Å²) < 4.78 is 0. The quantitative estimate of drug-likeness (QED) is 0.344. The number of anilines is 2. The van der Waals surface area contributed by atoms with Crippen LogP contribution < -0.4 is 27.8 Å². The van der Waals surface area contributed by atoms with E-state index in [2.05, 4.69) is 20.6 Å². The molecule has 0 bridgehead atoms. The Bertz CT molecular complexity index is 737. The first-order valence-corrected chi connectivity index (χ1v) is 8.27. The number of allylic oxidation sites excluding steroid dienone is 1. The number of carbonyl (C=O) groups is 2. The van der Waals surface area contributed by atoms with Gasteiger partial charge in [-0.2, -0.15) is 0 Å². The van der Waals surface area contributed by atoms with Gasteiger partial charge in [0.15, 0.2) is 11.5 Å². The second kappa shape index (κ2) is 8.56. The van der Waals surface area contributed by atoms with Gasteiger partial charge < -0.3 is 27.8 Å². The number of nitrogens with zero attached hydrogens (tertiary/aromatic N) is 2. The van der Waals surface area contributed by atoms with Crippen molar-refractivity contribution in [2.75, 3.05) is 10.6 Å². The Morgan fingerprint density at radius 2 is 1.92 bits per heavy atom. The average molecular weight is 379 g/mol. The summed E-state index contributed by atoms with van der Waals surface area (Å²) in [6, 6.07) is -0.658. The molecule has 142 valence electrons. The van der Waals surface area contributed by atoms with E-state index >= 15 is 0 Å². The molecule has 2 amide bonds. The van der Waals surface area contributed by atoms with Crippen LogP contribution in [0.15, 0.2) is 18.0 Å². The highest BCUT2D eigenvalue weighted by atomic mass is 32.1. The standard InChI is InChI=1S/C16H25N7O2S/c1-8(17)5-11(26)23-15-12(14(19)25)20-7-10(22-15)21-9(13(18)24)6-16(2,3)4/h5,7,9H,6,17H2,1-4H3,(H2,18,24)(H2,19,25)(H2,21,22,23,26)/t9-/m1/s1. The number of nitrogens with one attached hydrogen (secondary N) is 2. The average Bonchev–Trinajstić information content (AvgIpc) is 2.43. The number of rotatable bonds is 7. The van der Waals surface area contributed by atoms with E-state index in [0.717, 1.165) is 0 Å². The van der Waals surface area contributed by atoms with Crippen molar-refractivity contribution in [3.05, 3.63) is 23.7 Å². The van der Waals surface area contributed by atoms with E-state index in [9.17, 15) is 9.59 Å². The fraction of sp³-hybridized carbons (Fsp3) is 0.438. The molecule has 0 radical (unpaired) electrons. The van der Waals surface area contributed by atoms with E-state index in [1.54, 1.807) is 6.92 Å². The molecule has 0 aliphatic rings. The predicted octanol–water partition coefficient (Wildman–Crippen LogP) is 0.879. The van der Waals surface area contributed by atoms with Crippen molar-refractivity contribution in [1.29, 1.82) is 0 Å². The molecule has 1 heterocycles. The molecular weight excluding hydrogens is 354 g/mol. The van der Waals surface area contributed by atoms with Crippen LogP contribution in [0.25, 0.3) is 0 Å². The highest BCUT2D eigenvalue weighted by molar-refractivity contribution is 7.81. The Labute approximate surface area is 157 Å². The predicted molar refractivity (Wildman–Crippen MR) is 105 cm³/mol. The number of thiocarbonyl (C=S) groups is 1. The molecule has 8 N–H and O–H groups in total. The number of amides is 2.